The summed E-state index contributed by atoms with van der Waals surface area (Å²) < 4.78 is 5.61. The summed E-state index contributed by atoms with van der Waals surface area (Å²) in [5, 5.41) is 18.8. The third-order valence-electron chi connectivity index (χ3n) is 3.05. The molecule has 1 aromatic carbocycles. The van der Waals surface area contributed by atoms with Crippen LogP contribution in [0.1, 0.15) is 18.9 Å². The van der Waals surface area contributed by atoms with Gasteiger partial charge in [-0.1, -0.05) is 37.3 Å². The van der Waals surface area contributed by atoms with E-state index in [9.17, 15) is 9.90 Å². The van der Waals surface area contributed by atoms with E-state index < -0.39 is 5.97 Å². The highest BCUT2D eigenvalue weighted by Crippen LogP contribution is 2.29. The van der Waals surface area contributed by atoms with Crippen molar-refractivity contribution in [3.05, 3.63) is 59.1 Å². The Labute approximate surface area is 111 Å². The minimum atomic E-state index is -1.000. The van der Waals surface area contributed by atoms with Crippen molar-refractivity contribution in [2.24, 2.45) is 5.92 Å². The third kappa shape index (κ3) is 3.16. The zero-order valence-electron chi connectivity index (χ0n) is 10.7. The normalized spacial score (nSPS) is 19.0. The highest BCUT2D eigenvalue weighted by atomic mass is 16.5. The average Bonchev–Trinajstić information content (AvgIpc) is 2.38. The first-order chi connectivity index (χ1) is 9.08. The van der Waals surface area contributed by atoms with Crippen LogP contribution in [0, 0.1) is 5.92 Å². The van der Waals surface area contributed by atoms with Crippen LogP contribution in [0.5, 0.6) is 0 Å². The number of carbonyl (C=O) groups is 1. The van der Waals surface area contributed by atoms with E-state index in [0.717, 1.165) is 5.56 Å². The molecule has 0 spiro atoms. The lowest BCUT2D eigenvalue weighted by atomic mass is 9.93. The van der Waals surface area contributed by atoms with E-state index in [1.165, 1.54) is 6.08 Å². The molecule has 1 aliphatic rings. The van der Waals surface area contributed by atoms with Crippen molar-refractivity contribution in [1.29, 1.82) is 0 Å². The summed E-state index contributed by atoms with van der Waals surface area (Å²) in [6, 6.07) is 9.62. The van der Waals surface area contributed by atoms with E-state index in [-0.39, 0.29) is 17.3 Å². The number of aliphatic hydroxyl groups is 1. The molecule has 0 fully saturated rings. The van der Waals surface area contributed by atoms with Gasteiger partial charge in [-0.15, -0.1) is 0 Å². The maximum atomic E-state index is 10.9. The Morgan fingerprint density at radius 1 is 1.37 bits per heavy atom. The molecule has 0 saturated heterocycles. The third-order valence-corrected chi connectivity index (χ3v) is 3.05. The fourth-order valence-corrected chi connectivity index (χ4v) is 2.07. The van der Waals surface area contributed by atoms with Gasteiger partial charge in [0.25, 0.3) is 0 Å². The van der Waals surface area contributed by atoms with Gasteiger partial charge in [-0.25, -0.2) is 4.79 Å². The van der Waals surface area contributed by atoms with Crippen LogP contribution in [-0.4, -0.2) is 16.2 Å². The molecule has 0 amide bonds. The molecule has 100 valence electrons. The Kier molecular flexibility index (Phi) is 3.90. The number of ether oxygens (including phenoxy) is 1. The second-order valence-corrected chi connectivity index (χ2v) is 4.60. The summed E-state index contributed by atoms with van der Waals surface area (Å²) in [6.07, 6.45) is 1.63. The lowest BCUT2D eigenvalue weighted by Gasteiger charge is -2.22. The van der Waals surface area contributed by atoms with Crippen LogP contribution in [-0.2, 0) is 16.1 Å². The van der Waals surface area contributed by atoms with Gasteiger partial charge in [0.05, 0.1) is 0 Å². The average molecular weight is 260 g/mol. The van der Waals surface area contributed by atoms with Crippen molar-refractivity contribution in [2.75, 3.05) is 0 Å². The number of carboxylic acids is 1. The largest absolute Gasteiger partial charge is 0.504 e. The molecule has 2 rings (SSSR count). The Morgan fingerprint density at radius 2 is 2.05 bits per heavy atom. The Morgan fingerprint density at radius 3 is 2.63 bits per heavy atom. The summed E-state index contributed by atoms with van der Waals surface area (Å²) in [7, 11) is 0. The molecule has 19 heavy (non-hydrogen) atoms. The molecule has 0 aliphatic heterocycles. The molecule has 0 heterocycles. The summed E-state index contributed by atoms with van der Waals surface area (Å²) in [6.45, 7) is 2.20. The number of allylic oxidation sites excluding steroid dienone is 2. The molecule has 1 aliphatic carbocycles. The van der Waals surface area contributed by atoms with Crippen LogP contribution in [0.15, 0.2) is 53.5 Å². The Bertz CT molecular complexity index is 528. The summed E-state index contributed by atoms with van der Waals surface area (Å²) in [4.78, 5) is 10.9. The van der Waals surface area contributed by atoms with Crippen molar-refractivity contribution < 1.29 is 19.7 Å². The van der Waals surface area contributed by atoms with Gasteiger partial charge in [0.1, 0.15) is 12.4 Å². The van der Waals surface area contributed by atoms with Crippen LogP contribution in [0.2, 0.25) is 0 Å². The SMILES string of the molecule is CC1CC(C(=O)O)=CC(O)=C1OCc1ccccc1. The number of carboxylic acid groups (broad SMARTS) is 1. The van der Waals surface area contributed by atoms with E-state index in [4.69, 9.17) is 9.84 Å². The zero-order valence-corrected chi connectivity index (χ0v) is 10.7. The van der Waals surface area contributed by atoms with Crippen molar-refractivity contribution in [3.63, 3.8) is 0 Å². The first kappa shape index (κ1) is 13.2. The molecule has 0 radical (unpaired) electrons. The molecule has 0 aromatic heterocycles. The fourth-order valence-electron chi connectivity index (χ4n) is 2.07. The minimum absolute atomic E-state index is 0.0907. The molecule has 2 N–H and O–H groups in total. The van der Waals surface area contributed by atoms with Crippen molar-refractivity contribution in [2.45, 2.75) is 20.0 Å². The molecule has 0 saturated carbocycles. The van der Waals surface area contributed by atoms with E-state index in [1.807, 2.05) is 37.3 Å². The van der Waals surface area contributed by atoms with Gasteiger partial charge in [-0.05, 0) is 18.1 Å². The highest BCUT2D eigenvalue weighted by molar-refractivity contribution is 5.87. The number of aliphatic carboxylic acids is 1. The van der Waals surface area contributed by atoms with Crippen molar-refractivity contribution in [1.82, 2.24) is 0 Å². The fraction of sp³-hybridized carbons (Fsp3) is 0.267. The number of benzene rings is 1. The molecule has 1 atom stereocenters. The number of rotatable bonds is 4. The van der Waals surface area contributed by atoms with Crippen molar-refractivity contribution >= 4 is 5.97 Å². The quantitative estimate of drug-likeness (QED) is 0.873. The lowest BCUT2D eigenvalue weighted by molar-refractivity contribution is -0.133. The highest BCUT2D eigenvalue weighted by Gasteiger charge is 2.25. The molecule has 4 heteroatoms. The molecule has 1 aromatic rings. The first-order valence-corrected chi connectivity index (χ1v) is 6.11. The van der Waals surface area contributed by atoms with Crippen LogP contribution in [0.4, 0.5) is 0 Å². The zero-order chi connectivity index (χ0) is 13.8. The van der Waals surface area contributed by atoms with E-state index >= 15 is 0 Å². The van der Waals surface area contributed by atoms with Crippen LogP contribution >= 0.6 is 0 Å². The smallest absolute Gasteiger partial charge is 0.331 e. The van der Waals surface area contributed by atoms with Gasteiger partial charge in [0, 0.05) is 11.5 Å². The lowest BCUT2D eigenvalue weighted by Crippen LogP contribution is -2.16. The second kappa shape index (κ2) is 5.61. The van der Waals surface area contributed by atoms with Crippen LogP contribution < -0.4 is 0 Å². The predicted molar refractivity (Wildman–Crippen MR) is 70.4 cm³/mol. The second-order valence-electron chi connectivity index (χ2n) is 4.60. The van der Waals surface area contributed by atoms with Gasteiger partial charge >= 0.3 is 5.97 Å². The standard InChI is InChI=1S/C15H16O4/c1-10-7-12(15(17)18)8-13(16)14(10)19-9-11-5-3-2-4-6-11/h2-6,8,10,16H,7,9H2,1H3,(H,17,18). The van der Waals surface area contributed by atoms with Crippen molar-refractivity contribution in [3.8, 4) is 0 Å². The number of hydrogen-bond donors (Lipinski definition) is 2. The first-order valence-electron chi connectivity index (χ1n) is 6.11. The Hall–Kier alpha value is -2.23. The summed E-state index contributed by atoms with van der Waals surface area (Å²) >= 11 is 0. The molecule has 4 nitrogen and oxygen atoms in total. The van der Waals surface area contributed by atoms with E-state index in [2.05, 4.69) is 0 Å². The topological polar surface area (TPSA) is 66.8 Å². The Balaban J connectivity index is 2.11. The van der Waals surface area contributed by atoms with Gasteiger partial charge in [0.2, 0.25) is 0 Å². The maximum absolute atomic E-state index is 10.9. The van der Waals surface area contributed by atoms with E-state index in [1.54, 1.807) is 0 Å². The van der Waals surface area contributed by atoms with Gasteiger partial charge in [-0.3, -0.25) is 0 Å². The van der Waals surface area contributed by atoms with Crippen LogP contribution in [0.25, 0.3) is 0 Å². The van der Waals surface area contributed by atoms with Gasteiger partial charge in [-0.2, -0.15) is 0 Å². The number of hydrogen-bond acceptors (Lipinski definition) is 3. The summed E-state index contributed by atoms with van der Waals surface area (Å²) in [5.74, 6) is -0.777. The predicted octanol–water partition coefficient (Wildman–Crippen LogP) is 3.02. The van der Waals surface area contributed by atoms with Gasteiger partial charge < -0.3 is 14.9 Å². The molecular formula is C15H16O4. The van der Waals surface area contributed by atoms with Crippen LogP contribution in [0.3, 0.4) is 0 Å². The minimum Gasteiger partial charge on any atom is -0.504 e. The maximum Gasteiger partial charge on any atom is 0.331 e. The summed E-state index contributed by atoms with van der Waals surface area (Å²) in [5.41, 5.74) is 1.21. The molecular weight excluding hydrogens is 244 g/mol. The molecule has 0 bridgehead atoms. The monoisotopic (exact) mass is 260 g/mol. The van der Waals surface area contributed by atoms with E-state index in [0.29, 0.717) is 18.8 Å². The number of aliphatic hydroxyl groups excluding tert-OH is 1. The molecule has 1 unspecified atom stereocenters. The van der Waals surface area contributed by atoms with Gasteiger partial charge in [0.15, 0.2) is 5.76 Å².